The highest BCUT2D eigenvalue weighted by Crippen LogP contribution is 2.28. The van der Waals surface area contributed by atoms with Crippen molar-refractivity contribution in [3.63, 3.8) is 0 Å². The van der Waals surface area contributed by atoms with E-state index in [1.54, 1.807) is 41.9 Å². The second kappa shape index (κ2) is 8.63. The first-order valence-electron chi connectivity index (χ1n) is 9.30. The molecule has 4 rings (SSSR count). The third-order valence-corrected chi connectivity index (χ3v) is 4.12. The first-order valence-corrected chi connectivity index (χ1v) is 9.30. The van der Waals surface area contributed by atoms with Crippen molar-refractivity contribution in [1.82, 2.24) is 14.9 Å². The minimum atomic E-state index is -1.06. The molecule has 3 heterocycles. The smallest absolute Gasteiger partial charge is 0.269 e. The molecule has 3 N–H and O–H groups in total. The molecule has 150 valence electrons. The van der Waals surface area contributed by atoms with Crippen LogP contribution in [-0.2, 0) is 6.42 Å². The first kappa shape index (κ1) is 20.2. The summed E-state index contributed by atoms with van der Waals surface area (Å²) in [5, 5.41) is 18.1. The lowest BCUT2D eigenvalue weighted by Crippen LogP contribution is -2.12. The van der Waals surface area contributed by atoms with Crippen molar-refractivity contribution in [1.29, 1.82) is 0 Å². The van der Waals surface area contributed by atoms with Crippen LogP contribution in [0.25, 0.3) is 5.69 Å². The number of aromatic nitrogens is 3. The van der Waals surface area contributed by atoms with Gasteiger partial charge in [-0.2, -0.15) is 5.10 Å². The molecule has 0 spiro atoms. The number of hydrogen-bond acceptors (Lipinski definition) is 6. The largest absolute Gasteiger partial charge is 0.491 e. The average Bonchev–Trinajstić information content (AvgIpc) is 3.31. The monoisotopic (exact) mass is 394 g/mol. The molecule has 3 aromatic rings. The standard InChI is InChI=1S/C19H16N4O4.C2H6/c1-11-8-14(22-27-11)17(24)4-2-12-3-5-18-16(9-12)23-13(6-7-26-18)10-15(21-23)19(20)25;1-2/h3,5,8-10,17,24H,6-7H2,1H3,(H2,20,25);1-2H3. The molecule has 8 nitrogen and oxygen atoms in total. The molecule has 0 saturated heterocycles. The number of hydrogen-bond donors (Lipinski definition) is 2. The maximum absolute atomic E-state index is 11.4. The van der Waals surface area contributed by atoms with E-state index in [2.05, 4.69) is 22.1 Å². The molecule has 0 bridgehead atoms. The van der Waals surface area contributed by atoms with E-state index in [0.717, 1.165) is 5.69 Å². The lowest BCUT2D eigenvalue weighted by atomic mass is 10.1. The number of ether oxygens (including phenoxy) is 1. The van der Waals surface area contributed by atoms with Crippen LogP contribution in [0.3, 0.4) is 0 Å². The first-order chi connectivity index (χ1) is 14.0. The normalized spacial score (nSPS) is 12.7. The predicted molar refractivity (Wildman–Crippen MR) is 106 cm³/mol. The number of nitrogens with zero attached hydrogens (tertiary/aromatic N) is 3. The van der Waals surface area contributed by atoms with E-state index in [0.29, 0.717) is 41.5 Å². The molecular weight excluding hydrogens is 372 g/mol. The third-order valence-electron chi connectivity index (χ3n) is 4.12. The van der Waals surface area contributed by atoms with Crippen molar-refractivity contribution in [3.8, 4) is 23.3 Å². The van der Waals surface area contributed by atoms with Crippen LogP contribution in [0.2, 0.25) is 0 Å². The number of carbonyl (C=O) groups excluding carboxylic acids is 1. The molecule has 1 amide bonds. The summed E-state index contributed by atoms with van der Waals surface area (Å²) < 4.78 is 12.3. The second-order valence-electron chi connectivity index (χ2n) is 6.11. The summed E-state index contributed by atoms with van der Waals surface area (Å²) in [4.78, 5) is 11.4. The fraction of sp³-hybridized carbons (Fsp3) is 0.286. The molecule has 0 aliphatic carbocycles. The Labute approximate surface area is 168 Å². The number of fused-ring (bicyclic) bond motifs is 3. The van der Waals surface area contributed by atoms with E-state index in [4.69, 9.17) is 15.0 Å². The molecule has 1 unspecified atom stereocenters. The summed E-state index contributed by atoms with van der Waals surface area (Å²) in [5.41, 5.74) is 8.04. The van der Waals surface area contributed by atoms with Crippen molar-refractivity contribution >= 4 is 5.91 Å². The van der Waals surface area contributed by atoms with Gasteiger partial charge in [-0.1, -0.05) is 30.8 Å². The number of primary amides is 1. The summed E-state index contributed by atoms with van der Waals surface area (Å²) in [6.07, 6.45) is -0.459. The Morgan fingerprint density at radius 2 is 2.10 bits per heavy atom. The van der Waals surface area contributed by atoms with Crippen molar-refractivity contribution < 1.29 is 19.2 Å². The highest BCUT2D eigenvalue weighted by atomic mass is 16.5. The van der Waals surface area contributed by atoms with Crippen LogP contribution >= 0.6 is 0 Å². The molecular formula is C21H22N4O4. The van der Waals surface area contributed by atoms with Gasteiger partial charge in [-0.15, -0.1) is 0 Å². The Morgan fingerprint density at radius 3 is 2.79 bits per heavy atom. The molecule has 0 saturated carbocycles. The Bertz CT molecular complexity index is 1090. The van der Waals surface area contributed by atoms with Crippen molar-refractivity contribution in [2.24, 2.45) is 5.73 Å². The highest BCUT2D eigenvalue weighted by molar-refractivity contribution is 5.91. The number of carbonyl (C=O) groups is 1. The zero-order valence-electron chi connectivity index (χ0n) is 16.5. The molecule has 1 atom stereocenters. The zero-order valence-corrected chi connectivity index (χ0v) is 16.5. The van der Waals surface area contributed by atoms with Crippen LogP contribution in [0.1, 0.15) is 53.2 Å². The van der Waals surface area contributed by atoms with Crippen LogP contribution in [-0.4, -0.2) is 32.6 Å². The number of nitrogens with two attached hydrogens (primary N) is 1. The predicted octanol–water partition coefficient (Wildman–Crippen LogP) is 2.31. The maximum Gasteiger partial charge on any atom is 0.269 e. The average molecular weight is 394 g/mol. The minimum absolute atomic E-state index is 0.200. The fourth-order valence-corrected chi connectivity index (χ4v) is 2.82. The van der Waals surface area contributed by atoms with Gasteiger partial charge in [-0.05, 0) is 31.2 Å². The summed E-state index contributed by atoms with van der Waals surface area (Å²) in [6, 6.07) is 8.65. The molecule has 1 aliphatic heterocycles. The van der Waals surface area contributed by atoms with Crippen LogP contribution in [0.15, 0.2) is 34.9 Å². The quantitative estimate of drug-likeness (QED) is 0.644. The summed E-state index contributed by atoms with van der Waals surface area (Å²) in [5.74, 6) is 6.30. The lowest BCUT2D eigenvalue weighted by molar-refractivity contribution is 0.0995. The Hall–Kier alpha value is -3.57. The summed E-state index contributed by atoms with van der Waals surface area (Å²) >= 11 is 0. The van der Waals surface area contributed by atoms with E-state index in [-0.39, 0.29) is 5.69 Å². The molecule has 1 aromatic carbocycles. The topological polar surface area (TPSA) is 116 Å². The van der Waals surface area contributed by atoms with E-state index in [9.17, 15) is 9.90 Å². The number of aliphatic hydroxyl groups excluding tert-OH is 1. The lowest BCUT2D eigenvalue weighted by Gasteiger charge is -2.08. The van der Waals surface area contributed by atoms with Gasteiger partial charge in [0.25, 0.3) is 5.91 Å². The Balaban J connectivity index is 0.00000117. The van der Waals surface area contributed by atoms with Gasteiger partial charge in [-0.25, -0.2) is 4.68 Å². The van der Waals surface area contributed by atoms with Crippen LogP contribution in [0, 0.1) is 18.8 Å². The Kier molecular flexibility index (Phi) is 6.00. The van der Waals surface area contributed by atoms with Gasteiger partial charge in [0.2, 0.25) is 0 Å². The zero-order chi connectivity index (χ0) is 21.0. The second-order valence-corrected chi connectivity index (χ2v) is 6.11. The van der Waals surface area contributed by atoms with Crippen molar-refractivity contribution in [3.05, 3.63) is 58.7 Å². The molecule has 2 aromatic heterocycles. The van der Waals surface area contributed by atoms with Gasteiger partial charge < -0.3 is 20.1 Å². The minimum Gasteiger partial charge on any atom is -0.491 e. The van der Waals surface area contributed by atoms with E-state index >= 15 is 0 Å². The summed E-state index contributed by atoms with van der Waals surface area (Å²) in [7, 11) is 0. The van der Waals surface area contributed by atoms with Gasteiger partial charge in [0, 0.05) is 23.7 Å². The third kappa shape index (κ3) is 4.31. The maximum atomic E-state index is 11.4. The summed E-state index contributed by atoms with van der Waals surface area (Å²) in [6.45, 7) is 6.21. The van der Waals surface area contributed by atoms with Gasteiger partial charge in [0.15, 0.2) is 11.8 Å². The van der Waals surface area contributed by atoms with Crippen LogP contribution < -0.4 is 10.5 Å². The number of aliphatic hydroxyl groups is 1. The van der Waals surface area contributed by atoms with Gasteiger partial charge in [-0.3, -0.25) is 4.79 Å². The molecule has 8 heteroatoms. The van der Waals surface area contributed by atoms with Crippen LogP contribution in [0.5, 0.6) is 5.75 Å². The van der Waals surface area contributed by atoms with E-state index in [1.807, 2.05) is 13.8 Å². The highest BCUT2D eigenvalue weighted by Gasteiger charge is 2.19. The van der Waals surface area contributed by atoms with Gasteiger partial charge in [0.1, 0.15) is 22.9 Å². The van der Waals surface area contributed by atoms with E-state index in [1.165, 1.54) is 0 Å². The number of amides is 1. The van der Waals surface area contributed by atoms with Gasteiger partial charge >= 0.3 is 0 Å². The SMILES string of the molecule is CC.Cc1cc(C(O)C#Cc2ccc3c(c2)-n2nc(C(N)=O)cc2CCO3)no1. The molecule has 1 aliphatic rings. The van der Waals surface area contributed by atoms with E-state index < -0.39 is 12.0 Å². The molecule has 0 radical (unpaired) electrons. The molecule has 0 fully saturated rings. The Morgan fingerprint density at radius 1 is 1.31 bits per heavy atom. The number of aryl methyl sites for hydroxylation is 1. The van der Waals surface area contributed by atoms with Crippen LogP contribution in [0.4, 0.5) is 0 Å². The number of rotatable bonds is 2. The number of benzene rings is 1. The van der Waals surface area contributed by atoms with Crippen molar-refractivity contribution in [2.75, 3.05) is 6.61 Å². The molecule has 29 heavy (non-hydrogen) atoms. The fourth-order valence-electron chi connectivity index (χ4n) is 2.82. The van der Waals surface area contributed by atoms with Gasteiger partial charge in [0.05, 0.1) is 6.61 Å². The van der Waals surface area contributed by atoms with Crippen molar-refractivity contribution in [2.45, 2.75) is 33.3 Å².